The fourth-order valence-corrected chi connectivity index (χ4v) is 10.1. The van der Waals surface area contributed by atoms with Crippen molar-refractivity contribution >= 4 is 23.2 Å². The molecule has 4 unspecified atom stereocenters. The molecule has 1 saturated heterocycles. The van der Waals surface area contributed by atoms with E-state index in [9.17, 15) is 0 Å². The Morgan fingerprint density at radius 2 is 1.53 bits per heavy atom. The first-order valence-electron chi connectivity index (χ1n) is 13.3. The zero-order chi connectivity index (χ0) is 27.5. The molecule has 0 spiro atoms. The first-order valence-corrected chi connectivity index (χ1v) is 18.5. The van der Waals surface area contributed by atoms with Crippen LogP contribution in [0.1, 0.15) is 52.5 Å². The number of para-hydroxylation sites is 1. The van der Waals surface area contributed by atoms with Gasteiger partial charge in [-0.05, 0) is 58.3 Å². The van der Waals surface area contributed by atoms with E-state index in [0.717, 1.165) is 29.0 Å². The van der Waals surface area contributed by atoms with Gasteiger partial charge in [-0.15, -0.1) is 11.6 Å². The van der Waals surface area contributed by atoms with Gasteiger partial charge in [-0.3, -0.25) is 4.90 Å². The van der Waals surface area contributed by atoms with Crippen molar-refractivity contribution in [1.82, 2.24) is 4.90 Å². The standard InChI is InChI=1S/C19H33N2Si.C9H12N.C2H5.ClH.Ti/c1-19(2,3)20-22(4,5)18-14-17(21-12-8-9-13-21)15-10-6-7-11-16(15)18;1-8-6-4-5-7-9(8)10(2)3;1-2;;/h6-7,10-11,15-18H,8-9,12-14H2,1-5H3;4-7H,1H2,2-3H3;1H2,2H3;1H;/q3*-1;;+4/p-1. The van der Waals surface area contributed by atoms with E-state index >= 15 is 0 Å². The Bertz CT molecular complexity index is 813. The Kier molecular flexibility index (Phi) is 14.7. The molecular formula is C30H50ClN3SiTi. The van der Waals surface area contributed by atoms with Gasteiger partial charge in [0.1, 0.15) is 0 Å². The Morgan fingerprint density at radius 1 is 1.00 bits per heavy atom. The minimum absolute atomic E-state index is 0.102. The van der Waals surface area contributed by atoms with E-state index < -0.39 is 8.24 Å². The summed E-state index contributed by atoms with van der Waals surface area (Å²) >= 11 is 1.47. The zero-order valence-electron chi connectivity index (χ0n) is 24.1. The number of rotatable bonds is 4. The molecule has 0 bridgehead atoms. The van der Waals surface area contributed by atoms with E-state index in [-0.39, 0.29) is 5.54 Å². The van der Waals surface area contributed by atoms with Crippen molar-refractivity contribution in [3.8, 4) is 0 Å². The van der Waals surface area contributed by atoms with Gasteiger partial charge in [-0.25, -0.2) is 0 Å². The summed E-state index contributed by atoms with van der Waals surface area (Å²) in [6.07, 6.45) is 13.7. The number of allylic oxidation sites excluding steroid dienone is 3. The average Bonchev–Trinajstić information content (AvgIpc) is 3.49. The molecule has 2 fully saturated rings. The normalized spacial score (nSPS) is 25.0. The molecule has 0 aromatic heterocycles. The molecule has 0 radical (unpaired) electrons. The molecule has 0 amide bonds. The summed E-state index contributed by atoms with van der Waals surface area (Å²) < 4.78 is 0. The molecule has 200 valence electrons. The summed E-state index contributed by atoms with van der Waals surface area (Å²) in [7, 11) is 7.08. The van der Waals surface area contributed by atoms with Crippen LogP contribution in [-0.2, 0) is 19.4 Å². The molecule has 4 rings (SSSR count). The minimum atomic E-state index is -1.59. The first kappa shape index (κ1) is 33.5. The maximum atomic E-state index is 5.34. The zero-order valence-corrected chi connectivity index (χ0v) is 27.4. The van der Waals surface area contributed by atoms with Crippen LogP contribution in [0.3, 0.4) is 0 Å². The summed E-state index contributed by atoms with van der Waals surface area (Å²) in [6, 6.07) is 8.84. The number of halogens is 1. The van der Waals surface area contributed by atoms with Crippen molar-refractivity contribution in [3.63, 3.8) is 0 Å². The number of anilines is 1. The van der Waals surface area contributed by atoms with Crippen molar-refractivity contribution < 1.29 is 19.4 Å². The van der Waals surface area contributed by atoms with Crippen LogP contribution in [0.4, 0.5) is 5.69 Å². The van der Waals surface area contributed by atoms with E-state index in [1.165, 1.54) is 57.4 Å². The molecule has 3 aliphatic rings. The van der Waals surface area contributed by atoms with Gasteiger partial charge in [-0.2, -0.15) is 25.5 Å². The summed E-state index contributed by atoms with van der Waals surface area (Å²) in [6.45, 7) is 23.3. The molecule has 2 aliphatic carbocycles. The molecular weight excluding hydrogens is 514 g/mol. The van der Waals surface area contributed by atoms with Crippen LogP contribution in [-0.4, -0.2) is 51.9 Å². The Hall–Kier alpha value is -0.489. The SMILES string of the molecule is CC(C)(C)[N-][Si](C)(C)C1CC(N2CCCC2)C2C=CC=CC21.[CH2-]C.[CH2-]c1ccccc1N(C)C.[Cl][Ti+3]. The summed E-state index contributed by atoms with van der Waals surface area (Å²) in [4.78, 5) is 10.2. The summed E-state index contributed by atoms with van der Waals surface area (Å²) in [5, 5.41) is 0. The molecule has 1 heterocycles. The van der Waals surface area contributed by atoms with Crippen LogP contribution >= 0.6 is 9.30 Å². The van der Waals surface area contributed by atoms with Gasteiger partial charge < -0.3 is 16.8 Å². The van der Waals surface area contributed by atoms with Gasteiger partial charge in [0.05, 0.1) is 0 Å². The third-order valence-electron chi connectivity index (χ3n) is 7.24. The molecule has 1 saturated carbocycles. The van der Waals surface area contributed by atoms with Crippen molar-refractivity contribution in [2.45, 2.75) is 77.2 Å². The molecule has 1 aromatic rings. The van der Waals surface area contributed by atoms with Crippen LogP contribution in [0, 0.1) is 25.7 Å². The van der Waals surface area contributed by atoms with Gasteiger partial charge in [0, 0.05) is 6.04 Å². The van der Waals surface area contributed by atoms with Gasteiger partial charge in [-0.1, -0.05) is 89.8 Å². The van der Waals surface area contributed by atoms with E-state index in [0.29, 0.717) is 0 Å². The average molecular weight is 564 g/mol. The second kappa shape index (κ2) is 15.8. The number of hydrogen-bond acceptors (Lipinski definition) is 2. The fraction of sp³-hybridized carbons (Fsp3) is 0.600. The molecule has 1 aromatic carbocycles. The monoisotopic (exact) mass is 563 g/mol. The van der Waals surface area contributed by atoms with Gasteiger partial charge in [0.2, 0.25) is 0 Å². The van der Waals surface area contributed by atoms with E-state index in [1.54, 1.807) is 6.92 Å². The third kappa shape index (κ3) is 9.67. The number of nitrogens with zero attached hydrogens (tertiary/aromatic N) is 3. The number of fused-ring (bicyclic) bond motifs is 1. The second-order valence-electron chi connectivity index (χ2n) is 11.5. The first-order chi connectivity index (χ1) is 17.0. The topological polar surface area (TPSA) is 20.6 Å². The Labute approximate surface area is 240 Å². The van der Waals surface area contributed by atoms with E-state index in [2.05, 4.69) is 97.2 Å². The van der Waals surface area contributed by atoms with Crippen LogP contribution in [0.2, 0.25) is 18.6 Å². The van der Waals surface area contributed by atoms with Crippen molar-refractivity contribution in [3.05, 3.63) is 73.0 Å². The van der Waals surface area contributed by atoms with Crippen LogP contribution in [0.5, 0.6) is 0 Å². The van der Waals surface area contributed by atoms with Crippen LogP contribution in [0.15, 0.2) is 48.6 Å². The summed E-state index contributed by atoms with van der Waals surface area (Å²) in [5.41, 5.74) is 3.16. The van der Waals surface area contributed by atoms with Crippen LogP contribution in [0.25, 0.3) is 4.98 Å². The van der Waals surface area contributed by atoms with Gasteiger partial charge in [0.25, 0.3) is 0 Å². The van der Waals surface area contributed by atoms with Crippen molar-refractivity contribution in [2.75, 3.05) is 32.1 Å². The second-order valence-corrected chi connectivity index (χ2v) is 15.8. The fourth-order valence-electron chi connectivity index (χ4n) is 6.12. The number of likely N-dealkylation sites (tertiary alicyclic amines) is 1. The molecule has 3 nitrogen and oxygen atoms in total. The molecule has 4 atom stereocenters. The van der Waals surface area contributed by atoms with E-state index in [1.807, 2.05) is 32.3 Å². The Morgan fingerprint density at radius 3 is 2.00 bits per heavy atom. The van der Waals surface area contributed by atoms with Gasteiger partial charge in [0.15, 0.2) is 0 Å². The third-order valence-corrected chi connectivity index (χ3v) is 10.9. The van der Waals surface area contributed by atoms with Gasteiger partial charge >= 0.3 is 28.7 Å². The molecule has 0 N–H and O–H groups in total. The Balaban J connectivity index is 0.000000388. The molecule has 36 heavy (non-hydrogen) atoms. The molecule has 6 heteroatoms. The number of benzene rings is 1. The number of hydrogen-bond donors (Lipinski definition) is 0. The predicted octanol–water partition coefficient (Wildman–Crippen LogP) is 8.42. The van der Waals surface area contributed by atoms with Crippen molar-refractivity contribution in [1.29, 1.82) is 0 Å². The molecule has 1 aliphatic heterocycles. The summed E-state index contributed by atoms with van der Waals surface area (Å²) in [5.74, 6) is 1.46. The predicted molar refractivity (Wildman–Crippen MR) is 161 cm³/mol. The quantitative estimate of drug-likeness (QED) is 0.271. The maximum absolute atomic E-state index is 5.34. The van der Waals surface area contributed by atoms with Crippen molar-refractivity contribution in [2.24, 2.45) is 11.8 Å². The van der Waals surface area contributed by atoms with E-state index in [4.69, 9.17) is 4.98 Å². The van der Waals surface area contributed by atoms with Crippen LogP contribution < -0.4 is 4.90 Å².